The molecule has 0 atom stereocenters. The molecule has 182 valence electrons. The number of amides is 1. The Balaban J connectivity index is 1.60. The van der Waals surface area contributed by atoms with Gasteiger partial charge in [0.1, 0.15) is 12.4 Å². The molecule has 0 radical (unpaired) electrons. The molecule has 0 heterocycles. The first-order chi connectivity index (χ1) is 16.9. The fraction of sp³-hybridized carbons (Fsp3) is 0.192. The van der Waals surface area contributed by atoms with Crippen LogP contribution in [0.15, 0.2) is 71.8 Å². The smallest absolute Gasteiger partial charge is 0.335 e. The summed E-state index contributed by atoms with van der Waals surface area (Å²) in [7, 11) is 5.37. The Kier molecular flexibility index (Phi) is 8.66. The number of para-hydroxylation sites is 1. The number of nitrogens with one attached hydrogen (secondary N) is 1. The molecule has 0 fully saturated rings. The van der Waals surface area contributed by atoms with E-state index < -0.39 is 11.9 Å². The summed E-state index contributed by atoms with van der Waals surface area (Å²) >= 11 is 0. The minimum absolute atomic E-state index is 0.188. The van der Waals surface area contributed by atoms with E-state index in [-0.39, 0.29) is 18.8 Å². The fourth-order valence-electron chi connectivity index (χ4n) is 3.06. The molecule has 3 aromatic rings. The maximum Gasteiger partial charge on any atom is 0.335 e. The van der Waals surface area contributed by atoms with Crippen molar-refractivity contribution in [1.29, 1.82) is 0 Å². The van der Waals surface area contributed by atoms with Crippen LogP contribution in [0, 0.1) is 0 Å². The number of ether oxygens (including phenoxy) is 3. The standard InChI is InChI=1S/C26H27N3O6/c1-29(2)21-7-5-8-22(14-21)34-17-24(30)28-27-15-20-6-4-9-23(33-3)25(20)35-16-18-10-12-19(13-11-18)26(31)32/h4-15H,16-17H2,1-3H3,(H,28,30)(H,31,32)/b27-15+. The topological polar surface area (TPSA) is 110 Å². The summed E-state index contributed by atoms with van der Waals surface area (Å²) in [5.74, 6) is 0.101. The quantitative estimate of drug-likeness (QED) is 0.321. The monoisotopic (exact) mass is 477 g/mol. The normalized spacial score (nSPS) is 10.6. The lowest BCUT2D eigenvalue weighted by atomic mass is 10.1. The van der Waals surface area contributed by atoms with Gasteiger partial charge in [-0.15, -0.1) is 0 Å². The van der Waals surface area contributed by atoms with Gasteiger partial charge in [0.15, 0.2) is 18.1 Å². The summed E-state index contributed by atoms with van der Waals surface area (Å²) in [6, 6.07) is 19.1. The van der Waals surface area contributed by atoms with E-state index in [9.17, 15) is 9.59 Å². The van der Waals surface area contributed by atoms with E-state index in [4.69, 9.17) is 19.3 Å². The van der Waals surface area contributed by atoms with Crippen LogP contribution in [0.5, 0.6) is 17.2 Å². The van der Waals surface area contributed by atoms with E-state index in [0.717, 1.165) is 11.3 Å². The predicted octanol–water partition coefficient (Wildman–Crippen LogP) is 3.57. The second-order valence-corrected chi connectivity index (χ2v) is 7.64. The summed E-state index contributed by atoms with van der Waals surface area (Å²) in [5.41, 5.74) is 4.97. The minimum atomic E-state index is -0.991. The average Bonchev–Trinajstić information content (AvgIpc) is 2.86. The SMILES string of the molecule is COc1cccc(/C=N/NC(=O)COc2cccc(N(C)C)c2)c1OCc1ccc(C(=O)O)cc1. The van der Waals surface area contributed by atoms with Crippen molar-refractivity contribution in [3.05, 3.63) is 83.4 Å². The third kappa shape index (κ3) is 7.23. The Morgan fingerprint density at radius 2 is 1.77 bits per heavy atom. The van der Waals surface area contributed by atoms with Crippen molar-refractivity contribution in [1.82, 2.24) is 5.43 Å². The van der Waals surface area contributed by atoms with Crippen LogP contribution in [0.1, 0.15) is 21.5 Å². The van der Waals surface area contributed by atoms with Gasteiger partial charge in [-0.1, -0.05) is 24.3 Å². The predicted molar refractivity (Wildman–Crippen MR) is 133 cm³/mol. The first-order valence-electron chi connectivity index (χ1n) is 10.7. The zero-order chi connectivity index (χ0) is 25.2. The molecule has 1 amide bonds. The molecular formula is C26H27N3O6. The van der Waals surface area contributed by atoms with Crippen LogP contribution in [0.4, 0.5) is 5.69 Å². The number of carbonyl (C=O) groups is 2. The van der Waals surface area contributed by atoms with Crippen LogP contribution in [0.2, 0.25) is 0 Å². The summed E-state index contributed by atoms with van der Waals surface area (Å²) in [5, 5.41) is 13.0. The van der Waals surface area contributed by atoms with Crippen LogP contribution in [-0.2, 0) is 11.4 Å². The maximum atomic E-state index is 12.2. The Hall–Kier alpha value is -4.53. The number of anilines is 1. The highest BCUT2D eigenvalue weighted by molar-refractivity contribution is 5.88. The van der Waals surface area contributed by atoms with Crippen LogP contribution in [0.3, 0.4) is 0 Å². The maximum absolute atomic E-state index is 12.2. The zero-order valence-electron chi connectivity index (χ0n) is 19.7. The van der Waals surface area contributed by atoms with Gasteiger partial charge in [0.2, 0.25) is 0 Å². The third-order valence-corrected chi connectivity index (χ3v) is 4.91. The Labute approximate surface area is 203 Å². The number of aromatic carboxylic acids is 1. The van der Waals surface area contributed by atoms with Crippen molar-refractivity contribution in [2.45, 2.75) is 6.61 Å². The lowest BCUT2D eigenvalue weighted by Crippen LogP contribution is -2.24. The van der Waals surface area contributed by atoms with Gasteiger partial charge < -0.3 is 24.2 Å². The number of rotatable bonds is 11. The summed E-state index contributed by atoms with van der Waals surface area (Å²) in [6.45, 7) is -0.00461. The molecule has 0 unspecified atom stereocenters. The molecule has 9 heteroatoms. The van der Waals surface area contributed by atoms with Crippen LogP contribution in [0.25, 0.3) is 0 Å². The molecule has 0 saturated heterocycles. The Morgan fingerprint density at radius 1 is 1.03 bits per heavy atom. The van der Waals surface area contributed by atoms with Crippen molar-refractivity contribution < 1.29 is 28.9 Å². The number of carboxylic acid groups (broad SMARTS) is 1. The molecule has 3 rings (SSSR count). The molecule has 35 heavy (non-hydrogen) atoms. The van der Waals surface area contributed by atoms with E-state index in [0.29, 0.717) is 22.8 Å². The summed E-state index contributed by atoms with van der Waals surface area (Å²) in [4.78, 5) is 25.1. The molecule has 0 aliphatic rings. The first-order valence-corrected chi connectivity index (χ1v) is 10.7. The van der Waals surface area contributed by atoms with Crippen LogP contribution < -0.4 is 24.5 Å². The highest BCUT2D eigenvalue weighted by atomic mass is 16.5. The zero-order valence-corrected chi connectivity index (χ0v) is 19.7. The van der Waals surface area contributed by atoms with Gasteiger partial charge in [-0.05, 0) is 42.0 Å². The number of hydrogen-bond donors (Lipinski definition) is 2. The molecule has 0 spiro atoms. The largest absolute Gasteiger partial charge is 0.493 e. The minimum Gasteiger partial charge on any atom is -0.493 e. The summed E-state index contributed by atoms with van der Waals surface area (Å²) in [6.07, 6.45) is 1.45. The van der Waals surface area contributed by atoms with Crippen molar-refractivity contribution in [2.24, 2.45) is 5.10 Å². The third-order valence-electron chi connectivity index (χ3n) is 4.91. The van der Waals surface area contributed by atoms with Crippen molar-refractivity contribution in [2.75, 3.05) is 32.7 Å². The molecule has 9 nitrogen and oxygen atoms in total. The second-order valence-electron chi connectivity index (χ2n) is 7.64. The van der Waals surface area contributed by atoms with E-state index in [1.165, 1.54) is 25.5 Å². The van der Waals surface area contributed by atoms with Gasteiger partial charge >= 0.3 is 5.97 Å². The van der Waals surface area contributed by atoms with Gasteiger partial charge in [-0.2, -0.15) is 5.10 Å². The number of benzene rings is 3. The average molecular weight is 478 g/mol. The molecule has 3 aromatic carbocycles. The number of hydrogen-bond acceptors (Lipinski definition) is 7. The van der Waals surface area contributed by atoms with E-state index in [1.807, 2.05) is 37.2 Å². The molecule has 0 bridgehead atoms. The lowest BCUT2D eigenvalue weighted by Gasteiger charge is -2.14. The summed E-state index contributed by atoms with van der Waals surface area (Å²) < 4.78 is 16.9. The fourth-order valence-corrected chi connectivity index (χ4v) is 3.06. The molecule has 2 N–H and O–H groups in total. The second kappa shape index (κ2) is 12.1. The first kappa shape index (κ1) is 25.1. The number of carbonyl (C=O) groups excluding carboxylic acids is 1. The van der Waals surface area contributed by atoms with Gasteiger partial charge in [0.25, 0.3) is 5.91 Å². The van der Waals surface area contributed by atoms with E-state index in [1.54, 1.807) is 36.4 Å². The number of nitrogens with zero attached hydrogens (tertiary/aromatic N) is 2. The van der Waals surface area contributed by atoms with E-state index >= 15 is 0 Å². The van der Waals surface area contributed by atoms with Gasteiger partial charge in [-0.3, -0.25) is 4.79 Å². The van der Waals surface area contributed by atoms with Gasteiger partial charge in [0.05, 0.1) is 18.9 Å². The van der Waals surface area contributed by atoms with Gasteiger partial charge in [-0.25, -0.2) is 10.2 Å². The van der Waals surface area contributed by atoms with Crippen molar-refractivity contribution >= 4 is 23.8 Å². The van der Waals surface area contributed by atoms with Crippen LogP contribution >= 0.6 is 0 Å². The van der Waals surface area contributed by atoms with Crippen molar-refractivity contribution in [3.8, 4) is 17.2 Å². The highest BCUT2D eigenvalue weighted by Crippen LogP contribution is 2.31. The van der Waals surface area contributed by atoms with Crippen LogP contribution in [-0.4, -0.2) is 51.0 Å². The Morgan fingerprint density at radius 3 is 2.46 bits per heavy atom. The lowest BCUT2D eigenvalue weighted by molar-refractivity contribution is -0.123. The molecule has 0 saturated carbocycles. The molecule has 0 aromatic heterocycles. The number of methoxy groups -OCH3 is 1. The number of carboxylic acids is 1. The number of hydrazone groups is 1. The highest BCUT2D eigenvalue weighted by Gasteiger charge is 2.11. The van der Waals surface area contributed by atoms with Gasteiger partial charge in [0, 0.05) is 31.4 Å². The Bertz CT molecular complexity index is 1190. The molecule has 0 aliphatic carbocycles. The van der Waals surface area contributed by atoms with Crippen molar-refractivity contribution in [3.63, 3.8) is 0 Å². The molecule has 0 aliphatic heterocycles. The van der Waals surface area contributed by atoms with E-state index in [2.05, 4.69) is 10.5 Å². The molecular weight excluding hydrogens is 450 g/mol.